The molecule has 0 bridgehead atoms. The van der Waals surface area contributed by atoms with Crippen LogP contribution in [0.4, 0.5) is 4.39 Å². The zero-order valence-electron chi connectivity index (χ0n) is 11.6. The molecular weight excluding hydrogens is 267 g/mol. The zero-order valence-corrected chi connectivity index (χ0v) is 11.6. The van der Waals surface area contributed by atoms with Crippen LogP contribution in [0.15, 0.2) is 60.9 Å². The van der Waals surface area contributed by atoms with Gasteiger partial charge in [-0.3, -0.25) is 0 Å². The zero-order chi connectivity index (χ0) is 14.8. The van der Waals surface area contributed by atoms with Crippen LogP contribution in [-0.2, 0) is 0 Å². The van der Waals surface area contributed by atoms with Gasteiger partial charge in [0.2, 0.25) is 0 Å². The number of aliphatic hydroxyl groups excluding tert-OH is 1. The number of aliphatic hydroxyl groups is 1. The lowest BCUT2D eigenvalue weighted by Crippen LogP contribution is -2.03. The van der Waals surface area contributed by atoms with Gasteiger partial charge in [0.05, 0.1) is 11.9 Å². The van der Waals surface area contributed by atoms with Crippen molar-refractivity contribution in [3.05, 3.63) is 83.4 Å². The predicted octanol–water partition coefficient (Wildman–Crippen LogP) is 3.40. The van der Waals surface area contributed by atoms with Gasteiger partial charge in [-0.25, -0.2) is 9.07 Å². The number of benzene rings is 2. The monoisotopic (exact) mass is 282 g/mol. The van der Waals surface area contributed by atoms with Crippen LogP contribution in [0.25, 0.3) is 5.69 Å². The van der Waals surface area contributed by atoms with Crippen LogP contribution in [0.5, 0.6) is 0 Å². The van der Waals surface area contributed by atoms with Gasteiger partial charge in [0.25, 0.3) is 0 Å². The summed E-state index contributed by atoms with van der Waals surface area (Å²) in [6, 6.07) is 14.6. The topological polar surface area (TPSA) is 38.1 Å². The number of aryl methyl sites for hydroxylation is 1. The van der Waals surface area contributed by atoms with Crippen LogP contribution in [0.1, 0.15) is 22.8 Å². The van der Waals surface area contributed by atoms with Crippen molar-refractivity contribution < 1.29 is 9.50 Å². The number of hydrogen-bond acceptors (Lipinski definition) is 2. The molecule has 0 aliphatic carbocycles. The predicted molar refractivity (Wildman–Crippen MR) is 78.8 cm³/mol. The van der Waals surface area contributed by atoms with Gasteiger partial charge >= 0.3 is 0 Å². The molecule has 0 saturated carbocycles. The minimum absolute atomic E-state index is 0.266. The molecule has 1 aromatic heterocycles. The summed E-state index contributed by atoms with van der Waals surface area (Å²) in [5, 5.41) is 14.6. The maximum absolute atomic E-state index is 14.1. The molecule has 0 fully saturated rings. The fourth-order valence-electron chi connectivity index (χ4n) is 2.26. The summed E-state index contributed by atoms with van der Waals surface area (Å²) in [5.74, 6) is -0.377. The number of aromatic nitrogens is 2. The molecule has 0 amide bonds. The summed E-state index contributed by atoms with van der Waals surface area (Å²) in [5.41, 5.74) is 2.23. The largest absolute Gasteiger partial charge is 0.383 e. The Bertz CT molecular complexity index is 752. The quantitative estimate of drug-likeness (QED) is 0.799. The highest BCUT2D eigenvalue weighted by atomic mass is 19.1. The first-order valence-electron chi connectivity index (χ1n) is 6.70. The third-order valence-electron chi connectivity index (χ3n) is 3.46. The van der Waals surface area contributed by atoms with E-state index in [9.17, 15) is 9.50 Å². The van der Waals surface area contributed by atoms with Crippen LogP contribution in [0, 0.1) is 12.7 Å². The molecule has 0 aliphatic heterocycles. The highest BCUT2D eigenvalue weighted by Gasteiger charge is 2.17. The van der Waals surface area contributed by atoms with Crippen molar-refractivity contribution in [1.82, 2.24) is 9.78 Å². The highest BCUT2D eigenvalue weighted by Crippen LogP contribution is 2.26. The average molecular weight is 282 g/mol. The van der Waals surface area contributed by atoms with E-state index in [0.717, 1.165) is 5.69 Å². The third kappa shape index (κ3) is 2.58. The Kier molecular flexibility index (Phi) is 3.54. The molecule has 3 nitrogen and oxygen atoms in total. The van der Waals surface area contributed by atoms with Gasteiger partial charge in [0.15, 0.2) is 0 Å². The van der Waals surface area contributed by atoms with E-state index in [2.05, 4.69) is 5.10 Å². The van der Waals surface area contributed by atoms with E-state index in [0.29, 0.717) is 11.1 Å². The highest BCUT2D eigenvalue weighted by molar-refractivity contribution is 5.35. The summed E-state index contributed by atoms with van der Waals surface area (Å²) < 4.78 is 15.7. The molecule has 1 N–H and O–H groups in total. The summed E-state index contributed by atoms with van der Waals surface area (Å²) in [6.07, 6.45) is 2.24. The van der Waals surface area contributed by atoms with Crippen molar-refractivity contribution in [2.75, 3.05) is 0 Å². The van der Waals surface area contributed by atoms with Crippen molar-refractivity contribution in [2.45, 2.75) is 13.0 Å². The number of rotatable bonds is 3. The van der Waals surface area contributed by atoms with Crippen LogP contribution in [-0.4, -0.2) is 14.9 Å². The van der Waals surface area contributed by atoms with E-state index in [1.807, 2.05) is 30.3 Å². The molecular formula is C17H15FN2O. The third-order valence-corrected chi connectivity index (χ3v) is 3.46. The van der Waals surface area contributed by atoms with Gasteiger partial charge in [-0.05, 0) is 24.6 Å². The van der Waals surface area contributed by atoms with E-state index in [1.165, 1.54) is 0 Å². The molecule has 3 rings (SSSR count). The minimum atomic E-state index is -1.03. The molecule has 21 heavy (non-hydrogen) atoms. The Morgan fingerprint density at radius 2 is 1.86 bits per heavy atom. The molecule has 0 saturated heterocycles. The maximum Gasteiger partial charge on any atom is 0.132 e. The first kappa shape index (κ1) is 13.5. The lowest BCUT2D eigenvalue weighted by atomic mass is 10.0. The average Bonchev–Trinajstić information content (AvgIpc) is 3.00. The van der Waals surface area contributed by atoms with Crippen LogP contribution >= 0.6 is 0 Å². The summed E-state index contributed by atoms with van der Waals surface area (Å²) in [6.45, 7) is 1.68. The van der Waals surface area contributed by atoms with Crippen molar-refractivity contribution >= 4 is 0 Å². The second-order valence-electron chi connectivity index (χ2n) is 4.93. The van der Waals surface area contributed by atoms with Crippen LogP contribution in [0.2, 0.25) is 0 Å². The van der Waals surface area contributed by atoms with Crippen molar-refractivity contribution in [2.24, 2.45) is 0 Å². The molecule has 1 unspecified atom stereocenters. The molecule has 2 aromatic carbocycles. The fourth-order valence-corrected chi connectivity index (χ4v) is 2.26. The van der Waals surface area contributed by atoms with Gasteiger partial charge in [-0.1, -0.05) is 36.4 Å². The molecule has 0 radical (unpaired) electrons. The van der Waals surface area contributed by atoms with Gasteiger partial charge in [-0.15, -0.1) is 0 Å². The lowest BCUT2D eigenvalue weighted by molar-refractivity contribution is 0.214. The van der Waals surface area contributed by atoms with E-state index in [4.69, 9.17) is 0 Å². The Balaban J connectivity index is 1.95. The summed E-state index contributed by atoms with van der Waals surface area (Å²) in [4.78, 5) is 0. The molecule has 3 aromatic rings. The maximum atomic E-state index is 14.1. The fraction of sp³-hybridized carbons (Fsp3) is 0.118. The van der Waals surface area contributed by atoms with Gasteiger partial charge in [-0.2, -0.15) is 5.10 Å². The molecule has 1 heterocycles. The number of para-hydroxylation sites is 1. The van der Waals surface area contributed by atoms with E-state index >= 15 is 0 Å². The van der Waals surface area contributed by atoms with E-state index in [-0.39, 0.29) is 11.4 Å². The first-order chi connectivity index (χ1) is 10.2. The van der Waals surface area contributed by atoms with E-state index < -0.39 is 6.10 Å². The smallest absolute Gasteiger partial charge is 0.132 e. The second-order valence-corrected chi connectivity index (χ2v) is 4.93. The van der Waals surface area contributed by atoms with Gasteiger partial charge < -0.3 is 5.11 Å². The molecule has 1 atom stereocenters. The second kappa shape index (κ2) is 5.50. The van der Waals surface area contributed by atoms with Crippen molar-refractivity contribution in [1.29, 1.82) is 0 Å². The summed E-state index contributed by atoms with van der Waals surface area (Å²) in [7, 11) is 0. The normalized spacial score (nSPS) is 12.3. The lowest BCUT2D eigenvalue weighted by Gasteiger charge is -2.11. The van der Waals surface area contributed by atoms with Crippen LogP contribution < -0.4 is 0 Å². The number of halogens is 1. The van der Waals surface area contributed by atoms with Crippen LogP contribution in [0.3, 0.4) is 0 Å². The molecule has 106 valence electrons. The standard InChI is InChI=1S/C17H15FN2O/c1-12-6-5-9-15(16(12)18)17(21)13-10-19-20(11-13)14-7-3-2-4-8-14/h2-11,17,21H,1H3. The molecule has 0 spiro atoms. The minimum Gasteiger partial charge on any atom is -0.383 e. The Morgan fingerprint density at radius 1 is 1.10 bits per heavy atom. The Morgan fingerprint density at radius 3 is 2.62 bits per heavy atom. The Labute approximate surface area is 122 Å². The van der Waals surface area contributed by atoms with Gasteiger partial charge in [0.1, 0.15) is 11.9 Å². The molecule has 0 aliphatic rings. The number of nitrogens with zero attached hydrogens (tertiary/aromatic N) is 2. The Hall–Kier alpha value is -2.46. The summed E-state index contributed by atoms with van der Waals surface area (Å²) >= 11 is 0. The first-order valence-corrected chi connectivity index (χ1v) is 6.70. The van der Waals surface area contributed by atoms with Crippen molar-refractivity contribution in [3.63, 3.8) is 0 Å². The van der Waals surface area contributed by atoms with Crippen molar-refractivity contribution in [3.8, 4) is 5.69 Å². The van der Waals surface area contributed by atoms with Gasteiger partial charge in [0, 0.05) is 17.3 Å². The SMILES string of the molecule is Cc1cccc(C(O)c2cnn(-c3ccccc3)c2)c1F. The van der Waals surface area contributed by atoms with E-state index in [1.54, 1.807) is 42.2 Å². The number of hydrogen-bond donors (Lipinski definition) is 1. The molecule has 4 heteroatoms.